The molecule has 0 spiro atoms. The normalized spacial score (nSPS) is 8.00. The van der Waals surface area contributed by atoms with Gasteiger partial charge in [-0.2, -0.15) is 0 Å². The van der Waals surface area contributed by atoms with Crippen LogP contribution in [0.4, 0.5) is 0 Å². The van der Waals surface area contributed by atoms with E-state index in [0.29, 0.717) is 0 Å². The maximum Gasteiger partial charge on any atom is 0.0165 e. The fourth-order valence-corrected chi connectivity index (χ4v) is 1.63. The Balaban J connectivity index is -0.000000175. The van der Waals surface area contributed by atoms with Gasteiger partial charge in [0.15, 0.2) is 0 Å². The van der Waals surface area contributed by atoms with E-state index in [-0.39, 0.29) is 0 Å². The predicted octanol–water partition coefficient (Wildman–Crippen LogP) is 3.61. The molecule has 0 aromatic rings. The monoisotopic (exact) mass is 211 g/mol. The highest BCUT2D eigenvalue weighted by molar-refractivity contribution is 8.76. The van der Waals surface area contributed by atoms with Gasteiger partial charge in [0.2, 0.25) is 0 Å². The van der Waals surface area contributed by atoms with Crippen molar-refractivity contribution in [1.82, 2.24) is 4.90 Å². The number of rotatable bonds is 4. The van der Waals surface area contributed by atoms with Crippen LogP contribution >= 0.6 is 21.6 Å². The van der Waals surface area contributed by atoms with Gasteiger partial charge in [-0.15, -0.1) is 0 Å². The third-order valence-electron chi connectivity index (χ3n) is 0.740. The molecule has 0 fully saturated rings. The second-order valence-corrected chi connectivity index (χ2v) is 4.48. The second-order valence-electron chi connectivity index (χ2n) is 1.79. The Morgan fingerprint density at radius 2 is 1.42 bits per heavy atom. The van der Waals surface area contributed by atoms with Crippen LogP contribution in [0, 0.1) is 0 Å². The predicted molar refractivity (Wildman–Crippen MR) is 67.2 cm³/mol. The lowest BCUT2D eigenvalue weighted by molar-refractivity contribution is 0.438. The molecule has 0 heterocycles. The lowest BCUT2D eigenvalue weighted by Gasteiger charge is -2.06. The molecule has 78 valence electrons. The molecular formula is C9H25NS2. The Bertz CT molecular complexity index is 49.8. The molecule has 0 saturated heterocycles. The van der Waals surface area contributed by atoms with Gasteiger partial charge in [0, 0.05) is 12.3 Å². The van der Waals surface area contributed by atoms with Gasteiger partial charge in [-0.25, -0.2) is 0 Å². The minimum absolute atomic E-state index is 1.19. The molecule has 0 aliphatic rings. The summed E-state index contributed by atoms with van der Waals surface area (Å²) < 4.78 is 0. The van der Waals surface area contributed by atoms with Crippen LogP contribution in [0.2, 0.25) is 0 Å². The van der Waals surface area contributed by atoms with Crippen LogP contribution in [0.5, 0.6) is 0 Å². The molecule has 0 bridgehead atoms. The first-order chi connectivity index (χ1) is 5.77. The molecule has 0 aromatic heterocycles. The zero-order valence-corrected chi connectivity index (χ0v) is 11.3. The van der Waals surface area contributed by atoms with E-state index < -0.39 is 0 Å². The Labute approximate surface area is 87.1 Å². The summed E-state index contributed by atoms with van der Waals surface area (Å²) in [4.78, 5) is 2.20. The summed E-state index contributed by atoms with van der Waals surface area (Å²) in [6, 6.07) is 0. The average molecular weight is 211 g/mol. The van der Waals surface area contributed by atoms with E-state index in [2.05, 4.69) is 25.3 Å². The Hall–Kier alpha value is 0.660. The third-order valence-corrected chi connectivity index (χ3v) is 2.53. The van der Waals surface area contributed by atoms with E-state index in [4.69, 9.17) is 0 Å². The van der Waals surface area contributed by atoms with E-state index in [1.54, 1.807) is 0 Å². The minimum Gasteiger partial charge on any atom is -0.309 e. The zero-order chi connectivity index (χ0) is 10.4. The summed E-state index contributed by atoms with van der Waals surface area (Å²) >= 11 is 0. The van der Waals surface area contributed by atoms with Crippen molar-refractivity contribution in [1.29, 1.82) is 0 Å². The summed E-state index contributed by atoms with van der Waals surface area (Å²) in [5, 5.41) is 0. The van der Waals surface area contributed by atoms with Gasteiger partial charge in [0.25, 0.3) is 0 Å². The molecule has 0 radical (unpaired) electrons. The summed E-state index contributed by atoms with van der Waals surface area (Å²) in [5.74, 6) is 1.23. The van der Waals surface area contributed by atoms with Gasteiger partial charge in [0.1, 0.15) is 0 Å². The van der Waals surface area contributed by atoms with Crippen LogP contribution in [0.1, 0.15) is 27.7 Å². The fourth-order valence-electron chi connectivity index (χ4n) is 0.303. The highest BCUT2D eigenvalue weighted by Gasteiger charge is 1.87. The van der Waals surface area contributed by atoms with Gasteiger partial charge >= 0.3 is 0 Å². The number of hydrogen-bond donors (Lipinski definition) is 0. The van der Waals surface area contributed by atoms with Gasteiger partial charge in [-0.05, 0) is 20.4 Å². The lowest BCUT2D eigenvalue weighted by atomic mass is 10.7. The van der Waals surface area contributed by atoms with Crippen molar-refractivity contribution in [2.45, 2.75) is 27.7 Å². The van der Waals surface area contributed by atoms with Crippen molar-refractivity contribution in [2.75, 3.05) is 32.6 Å². The van der Waals surface area contributed by atoms with E-state index in [9.17, 15) is 0 Å². The summed E-state index contributed by atoms with van der Waals surface area (Å²) in [6.45, 7) is 9.19. The molecule has 0 amide bonds. The standard InChI is InChI=1S/C5H13NS2.2C2H6/c1-6(2)4-5-8-7-3;2*1-2/h4-5H2,1-3H3;2*1-2H3. The first-order valence-corrected chi connectivity index (χ1v) is 7.30. The van der Waals surface area contributed by atoms with Gasteiger partial charge in [-0.3, -0.25) is 0 Å². The van der Waals surface area contributed by atoms with E-state index in [1.807, 2.05) is 49.3 Å². The van der Waals surface area contributed by atoms with E-state index in [1.165, 1.54) is 12.3 Å². The molecule has 0 N–H and O–H groups in total. The fraction of sp³-hybridized carbons (Fsp3) is 1.00. The van der Waals surface area contributed by atoms with Crippen molar-refractivity contribution >= 4 is 21.6 Å². The lowest BCUT2D eigenvalue weighted by Crippen LogP contribution is -2.14. The number of hydrogen-bond acceptors (Lipinski definition) is 3. The molecule has 0 aliphatic carbocycles. The first-order valence-electron chi connectivity index (χ1n) is 4.57. The Morgan fingerprint density at radius 3 is 1.67 bits per heavy atom. The zero-order valence-electron chi connectivity index (χ0n) is 9.68. The molecule has 0 rings (SSSR count). The van der Waals surface area contributed by atoms with Crippen LogP contribution in [-0.2, 0) is 0 Å². The van der Waals surface area contributed by atoms with Crippen LogP contribution in [0.3, 0.4) is 0 Å². The quantitative estimate of drug-likeness (QED) is 0.516. The second kappa shape index (κ2) is 22.6. The summed E-state index contributed by atoms with van der Waals surface area (Å²) in [7, 11) is 7.94. The molecule has 1 nitrogen and oxygen atoms in total. The molecule has 0 atom stereocenters. The van der Waals surface area contributed by atoms with Gasteiger partial charge < -0.3 is 4.90 Å². The SMILES string of the molecule is CC.CC.CSSCCN(C)C. The maximum absolute atomic E-state index is 2.20. The van der Waals surface area contributed by atoms with Crippen molar-refractivity contribution in [3.8, 4) is 0 Å². The third kappa shape index (κ3) is 31.1. The van der Waals surface area contributed by atoms with Crippen LogP contribution in [-0.4, -0.2) is 37.5 Å². The average Bonchev–Trinajstić information content (AvgIpc) is 2.12. The number of nitrogens with zero attached hydrogens (tertiary/aromatic N) is 1. The van der Waals surface area contributed by atoms with Crippen LogP contribution in [0.25, 0.3) is 0 Å². The molecule has 0 aliphatic heterocycles. The largest absolute Gasteiger partial charge is 0.309 e. The molecule has 12 heavy (non-hydrogen) atoms. The first kappa shape index (κ1) is 18.4. The van der Waals surface area contributed by atoms with Crippen LogP contribution in [0.15, 0.2) is 0 Å². The summed E-state index contributed by atoms with van der Waals surface area (Å²) in [6.07, 6.45) is 2.11. The smallest absolute Gasteiger partial charge is 0.0165 e. The van der Waals surface area contributed by atoms with Crippen molar-refractivity contribution in [3.63, 3.8) is 0 Å². The maximum atomic E-state index is 2.20. The van der Waals surface area contributed by atoms with Crippen molar-refractivity contribution in [2.24, 2.45) is 0 Å². The molecule has 3 heteroatoms. The van der Waals surface area contributed by atoms with Gasteiger partial charge in [-0.1, -0.05) is 49.3 Å². The van der Waals surface area contributed by atoms with E-state index in [0.717, 1.165) is 0 Å². The Morgan fingerprint density at radius 1 is 1.00 bits per heavy atom. The summed E-state index contributed by atoms with van der Waals surface area (Å²) in [5.41, 5.74) is 0. The van der Waals surface area contributed by atoms with Gasteiger partial charge in [0.05, 0.1) is 0 Å². The molecule has 0 saturated carbocycles. The highest BCUT2D eigenvalue weighted by Crippen LogP contribution is 2.15. The molecular weight excluding hydrogens is 186 g/mol. The topological polar surface area (TPSA) is 3.24 Å². The molecule has 0 aromatic carbocycles. The van der Waals surface area contributed by atoms with E-state index >= 15 is 0 Å². The van der Waals surface area contributed by atoms with Crippen molar-refractivity contribution in [3.05, 3.63) is 0 Å². The Kier molecular flexibility index (Phi) is 34.7. The molecule has 0 unspecified atom stereocenters. The highest BCUT2D eigenvalue weighted by atomic mass is 33.1. The van der Waals surface area contributed by atoms with Crippen LogP contribution < -0.4 is 0 Å². The minimum atomic E-state index is 1.19. The van der Waals surface area contributed by atoms with Crippen molar-refractivity contribution < 1.29 is 0 Å².